The lowest BCUT2D eigenvalue weighted by molar-refractivity contribution is 0.0689. The summed E-state index contributed by atoms with van der Waals surface area (Å²) in [7, 11) is 0. The van der Waals surface area contributed by atoms with Gasteiger partial charge in [0.05, 0.1) is 5.69 Å². The van der Waals surface area contributed by atoms with Gasteiger partial charge in [0.1, 0.15) is 0 Å². The first-order valence-corrected chi connectivity index (χ1v) is 7.09. The van der Waals surface area contributed by atoms with Crippen molar-refractivity contribution in [3.05, 3.63) is 41.7 Å². The average Bonchev–Trinajstić information content (AvgIpc) is 3.11. The van der Waals surface area contributed by atoms with E-state index < -0.39 is 5.97 Å². The first kappa shape index (κ1) is 14.1. The lowest BCUT2D eigenvalue weighted by Gasteiger charge is -2.04. The number of thioether (sulfide) groups is 1. The maximum atomic E-state index is 11.3. The van der Waals surface area contributed by atoms with Crippen LogP contribution in [0.2, 0.25) is 0 Å². The van der Waals surface area contributed by atoms with Crippen molar-refractivity contribution < 1.29 is 14.5 Å². The molecule has 0 unspecified atom stereocenters. The number of hydrogen-bond donors (Lipinski definition) is 2. The van der Waals surface area contributed by atoms with Gasteiger partial charge in [-0.1, -0.05) is 23.4 Å². The van der Waals surface area contributed by atoms with E-state index in [1.807, 2.05) is 30.3 Å². The smallest absolute Gasteiger partial charge is 0.358 e. The normalized spacial score (nSPS) is 10.7. The van der Waals surface area contributed by atoms with Crippen molar-refractivity contribution >= 4 is 23.5 Å². The van der Waals surface area contributed by atoms with Crippen molar-refractivity contribution in [1.29, 1.82) is 0 Å². The summed E-state index contributed by atoms with van der Waals surface area (Å²) in [6.45, 7) is 0. The predicted molar refractivity (Wildman–Crippen MR) is 76.6 cm³/mol. The fourth-order valence-corrected chi connectivity index (χ4v) is 2.69. The van der Waals surface area contributed by atoms with E-state index in [1.54, 1.807) is 0 Å². The number of carbonyl (C=O) groups is 1. The molecule has 3 rings (SSSR count). The average molecular weight is 318 g/mol. The molecule has 1 aromatic carbocycles. The Balaban J connectivity index is 1.95. The van der Waals surface area contributed by atoms with Crippen molar-refractivity contribution in [2.75, 3.05) is 5.73 Å². The van der Waals surface area contributed by atoms with Gasteiger partial charge in [-0.2, -0.15) is 4.68 Å². The van der Waals surface area contributed by atoms with Gasteiger partial charge in [0, 0.05) is 10.6 Å². The fourth-order valence-electron chi connectivity index (χ4n) is 1.77. The topological polar surface area (TPSA) is 133 Å². The molecule has 0 amide bonds. The zero-order valence-electron chi connectivity index (χ0n) is 11.1. The van der Waals surface area contributed by atoms with Gasteiger partial charge in [0.25, 0.3) is 0 Å². The molecule has 0 aliphatic carbocycles. The summed E-state index contributed by atoms with van der Waals surface area (Å²) >= 11 is 1.44. The third-order valence-electron chi connectivity index (χ3n) is 2.78. The van der Waals surface area contributed by atoms with Crippen LogP contribution < -0.4 is 5.73 Å². The van der Waals surface area contributed by atoms with Crippen molar-refractivity contribution in [1.82, 2.24) is 25.3 Å². The van der Waals surface area contributed by atoms with Crippen molar-refractivity contribution in [2.45, 2.75) is 10.6 Å². The largest absolute Gasteiger partial charge is 0.476 e. The summed E-state index contributed by atoms with van der Waals surface area (Å²) in [5.74, 6) is -0.730. The van der Waals surface area contributed by atoms with Crippen molar-refractivity contribution in [3.8, 4) is 5.82 Å². The highest BCUT2D eigenvalue weighted by molar-refractivity contribution is 7.98. The van der Waals surface area contributed by atoms with Gasteiger partial charge in [-0.3, -0.25) is 0 Å². The van der Waals surface area contributed by atoms with Crippen molar-refractivity contribution in [3.63, 3.8) is 0 Å². The molecule has 112 valence electrons. The molecule has 0 atom stereocenters. The van der Waals surface area contributed by atoms with Crippen LogP contribution in [0.3, 0.4) is 0 Å². The minimum Gasteiger partial charge on any atom is -0.476 e. The number of benzene rings is 1. The Morgan fingerprint density at radius 1 is 1.32 bits per heavy atom. The lowest BCUT2D eigenvalue weighted by Crippen LogP contribution is -2.08. The third-order valence-corrected chi connectivity index (χ3v) is 3.80. The van der Waals surface area contributed by atoms with Gasteiger partial charge in [-0.05, 0) is 22.4 Å². The first-order valence-electron chi connectivity index (χ1n) is 6.11. The Kier molecular flexibility index (Phi) is 3.74. The Labute approximate surface area is 128 Å². The summed E-state index contributed by atoms with van der Waals surface area (Å²) in [6.07, 6.45) is 0. The number of nitrogen functional groups attached to an aromatic ring is 1. The molecule has 10 heteroatoms. The highest BCUT2D eigenvalue weighted by Crippen LogP contribution is 2.25. The SMILES string of the molecule is Nc1nonc1-n1nnc(C(=O)O)c1CSc1ccccc1. The second kappa shape index (κ2) is 5.85. The maximum absolute atomic E-state index is 11.3. The second-order valence-electron chi connectivity index (χ2n) is 4.18. The minimum absolute atomic E-state index is 0.00722. The molecule has 0 bridgehead atoms. The number of rotatable bonds is 5. The molecule has 0 radical (unpaired) electrons. The van der Waals surface area contributed by atoms with E-state index in [-0.39, 0.29) is 17.3 Å². The summed E-state index contributed by atoms with van der Waals surface area (Å²) in [5.41, 5.74) is 5.81. The lowest BCUT2D eigenvalue weighted by atomic mass is 10.3. The summed E-state index contributed by atoms with van der Waals surface area (Å²) in [5, 5.41) is 23.7. The van der Waals surface area contributed by atoms with E-state index in [1.165, 1.54) is 16.4 Å². The van der Waals surface area contributed by atoms with Gasteiger partial charge >= 0.3 is 5.97 Å². The Morgan fingerprint density at radius 3 is 2.73 bits per heavy atom. The van der Waals surface area contributed by atoms with E-state index in [0.717, 1.165) is 4.90 Å². The molecule has 0 saturated heterocycles. The number of nitrogens with two attached hydrogens (primary N) is 1. The van der Waals surface area contributed by atoms with E-state index in [0.29, 0.717) is 11.4 Å². The van der Waals surface area contributed by atoms with E-state index in [2.05, 4.69) is 25.3 Å². The molecular weight excluding hydrogens is 308 g/mol. The van der Waals surface area contributed by atoms with E-state index in [4.69, 9.17) is 5.73 Å². The second-order valence-corrected chi connectivity index (χ2v) is 5.23. The van der Waals surface area contributed by atoms with Gasteiger partial charge < -0.3 is 10.8 Å². The minimum atomic E-state index is -1.18. The molecule has 0 aliphatic heterocycles. The summed E-state index contributed by atoms with van der Waals surface area (Å²) in [4.78, 5) is 12.3. The quantitative estimate of drug-likeness (QED) is 0.666. The number of nitrogens with zero attached hydrogens (tertiary/aromatic N) is 5. The molecular formula is C12H10N6O3S. The van der Waals surface area contributed by atoms with Gasteiger partial charge in [-0.15, -0.1) is 16.9 Å². The summed E-state index contributed by atoms with van der Waals surface area (Å²) < 4.78 is 5.75. The number of aromatic carboxylic acids is 1. The highest BCUT2D eigenvalue weighted by Gasteiger charge is 2.23. The van der Waals surface area contributed by atoms with Gasteiger partial charge in [0.15, 0.2) is 5.69 Å². The Hall–Kier alpha value is -2.88. The molecule has 0 fully saturated rings. The Morgan fingerprint density at radius 2 is 2.09 bits per heavy atom. The third kappa shape index (κ3) is 2.63. The number of hydrogen-bond acceptors (Lipinski definition) is 8. The van der Waals surface area contributed by atoms with Crippen LogP contribution in [-0.2, 0) is 5.75 Å². The van der Waals surface area contributed by atoms with Crippen molar-refractivity contribution in [2.24, 2.45) is 0 Å². The van der Waals surface area contributed by atoms with Crippen LogP contribution in [0.4, 0.5) is 5.82 Å². The molecule has 2 heterocycles. The number of carboxylic acid groups (broad SMARTS) is 1. The molecule has 0 aliphatic rings. The van der Waals surface area contributed by atoms with Gasteiger partial charge in [-0.25, -0.2) is 9.42 Å². The van der Waals surface area contributed by atoms with E-state index >= 15 is 0 Å². The molecule has 0 saturated carbocycles. The molecule has 3 aromatic rings. The van der Waals surface area contributed by atoms with E-state index in [9.17, 15) is 9.90 Å². The molecule has 2 aromatic heterocycles. The summed E-state index contributed by atoms with van der Waals surface area (Å²) in [6, 6.07) is 9.54. The molecule has 22 heavy (non-hydrogen) atoms. The fraction of sp³-hybridized carbons (Fsp3) is 0.0833. The predicted octanol–water partition coefficient (Wildman–Crippen LogP) is 1.22. The van der Waals surface area contributed by atoms with Crippen LogP contribution in [0.15, 0.2) is 39.9 Å². The Bertz CT molecular complexity index is 800. The van der Waals surface area contributed by atoms with Crippen LogP contribution in [0.1, 0.15) is 16.2 Å². The van der Waals surface area contributed by atoms with Crippen LogP contribution >= 0.6 is 11.8 Å². The zero-order valence-corrected chi connectivity index (χ0v) is 11.9. The standard InChI is InChI=1S/C12H10N6O3S/c13-10-11(16-21-15-10)18-8(9(12(19)20)14-17-18)6-22-7-4-2-1-3-5-7/h1-5H,6H2,(H2,13,15)(H,19,20). The van der Waals surface area contributed by atoms with Gasteiger partial charge in [0.2, 0.25) is 11.6 Å². The number of anilines is 1. The zero-order chi connectivity index (χ0) is 15.5. The highest BCUT2D eigenvalue weighted by atomic mass is 32.2. The molecule has 0 spiro atoms. The maximum Gasteiger partial charge on any atom is 0.358 e. The van der Waals surface area contributed by atoms with Crippen LogP contribution in [-0.4, -0.2) is 36.4 Å². The van der Waals surface area contributed by atoms with Crippen LogP contribution in [0.5, 0.6) is 0 Å². The number of aromatic nitrogens is 5. The molecule has 9 nitrogen and oxygen atoms in total. The van der Waals surface area contributed by atoms with Crippen LogP contribution in [0.25, 0.3) is 5.82 Å². The monoisotopic (exact) mass is 318 g/mol. The molecule has 3 N–H and O–H groups in total. The number of carboxylic acids is 1. The first-order chi connectivity index (χ1) is 10.7. The van der Waals surface area contributed by atoms with Crippen LogP contribution in [0, 0.1) is 0 Å².